The summed E-state index contributed by atoms with van der Waals surface area (Å²) in [5, 5.41) is 17.2. The highest BCUT2D eigenvalue weighted by molar-refractivity contribution is 9.10. The summed E-state index contributed by atoms with van der Waals surface area (Å²) in [6, 6.07) is 5.96. The number of hydrogen-bond acceptors (Lipinski definition) is 5. The molecule has 6 nitrogen and oxygen atoms in total. The molecule has 0 amide bonds. The second-order valence-electron chi connectivity index (χ2n) is 4.55. The van der Waals surface area contributed by atoms with E-state index in [-0.39, 0.29) is 12.4 Å². The Morgan fingerprint density at radius 3 is 2.86 bits per heavy atom. The number of rotatable bonds is 7. The first kappa shape index (κ1) is 16.8. The number of ether oxygens (including phenoxy) is 1. The van der Waals surface area contributed by atoms with Crippen LogP contribution < -0.4 is 4.74 Å². The topological polar surface area (TPSA) is 77.2 Å². The highest BCUT2D eigenvalue weighted by Crippen LogP contribution is 2.27. The summed E-state index contributed by atoms with van der Waals surface area (Å²) in [6.07, 6.45) is 0.965. The number of thioether (sulfide) groups is 1. The maximum atomic E-state index is 10.6. The van der Waals surface area contributed by atoms with Gasteiger partial charge in [0, 0.05) is 7.05 Å². The summed E-state index contributed by atoms with van der Waals surface area (Å²) in [5.74, 6) is 0.446. The average Bonchev–Trinajstić information content (AvgIpc) is 2.84. The molecule has 1 aromatic carbocycles. The van der Waals surface area contributed by atoms with Gasteiger partial charge in [-0.3, -0.25) is 4.79 Å². The van der Waals surface area contributed by atoms with Gasteiger partial charge in [0.1, 0.15) is 12.4 Å². The van der Waals surface area contributed by atoms with Gasteiger partial charge in [-0.2, -0.15) is 0 Å². The van der Waals surface area contributed by atoms with E-state index in [4.69, 9.17) is 9.84 Å². The molecule has 0 aliphatic carbocycles. The van der Waals surface area contributed by atoms with E-state index in [2.05, 4.69) is 33.1 Å². The van der Waals surface area contributed by atoms with Crippen LogP contribution in [-0.4, -0.2) is 31.6 Å². The van der Waals surface area contributed by atoms with Crippen LogP contribution in [0.4, 0.5) is 0 Å². The maximum Gasteiger partial charge on any atom is 0.313 e. The van der Waals surface area contributed by atoms with Crippen molar-refractivity contribution in [3.05, 3.63) is 34.1 Å². The van der Waals surface area contributed by atoms with Crippen molar-refractivity contribution < 1.29 is 14.6 Å². The Morgan fingerprint density at radius 1 is 1.45 bits per heavy atom. The number of carboxylic acid groups (broad SMARTS) is 1. The van der Waals surface area contributed by atoms with Crippen molar-refractivity contribution in [2.24, 2.45) is 7.05 Å². The minimum Gasteiger partial charge on any atom is -0.484 e. The van der Waals surface area contributed by atoms with Gasteiger partial charge in [0.2, 0.25) is 0 Å². The van der Waals surface area contributed by atoms with E-state index in [1.807, 2.05) is 18.2 Å². The Bertz CT molecular complexity index is 675. The normalized spacial score (nSPS) is 10.7. The van der Waals surface area contributed by atoms with Crippen molar-refractivity contribution in [3.63, 3.8) is 0 Å². The molecule has 1 heterocycles. The zero-order chi connectivity index (χ0) is 16.1. The van der Waals surface area contributed by atoms with Gasteiger partial charge >= 0.3 is 5.97 Å². The number of benzene rings is 1. The number of aliphatic carboxylic acids is 1. The Morgan fingerprint density at radius 2 is 2.23 bits per heavy atom. The van der Waals surface area contributed by atoms with Crippen LogP contribution in [0.15, 0.2) is 27.8 Å². The van der Waals surface area contributed by atoms with Crippen LogP contribution in [0, 0.1) is 0 Å². The second-order valence-corrected chi connectivity index (χ2v) is 6.34. The zero-order valence-electron chi connectivity index (χ0n) is 12.2. The Labute approximate surface area is 141 Å². The van der Waals surface area contributed by atoms with Gasteiger partial charge in [-0.05, 0) is 40.0 Å². The average molecular weight is 386 g/mol. The van der Waals surface area contributed by atoms with Gasteiger partial charge in [-0.15, -0.1) is 10.2 Å². The molecule has 0 spiro atoms. The van der Waals surface area contributed by atoms with E-state index in [1.165, 1.54) is 5.56 Å². The van der Waals surface area contributed by atoms with Gasteiger partial charge in [0.25, 0.3) is 0 Å². The van der Waals surface area contributed by atoms with Crippen molar-refractivity contribution in [3.8, 4) is 5.75 Å². The molecule has 0 aliphatic heterocycles. The summed E-state index contributed by atoms with van der Waals surface area (Å²) in [5.41, 5.74) is 1.23. The van der Waals surface area contributed by atoms with Crippen molar-refractivity contribution >= 4 is 33.7 Å². The minimum absolute atomic E-state index is 0.0448. The molecule has 118 valence electrons. The monoisotopic (exact) mass is 385 g/mol. The van der Waals surface area contributed by atoms with Crippen LogP contribution in [0.3, 0.4) is 0 Å². The van der Waals surface area contributed by atoms with Crippen molar-refractivity contribution in [2.75, 3.05) is 5.75 Å². The third-order valence-electron chi connectivity index (χ3n) is 3.01. The van der Waals surface area contributed by atoms with Gasteiger partial charge in [0.15, 0.2) is 11.0 Å². The number of hydrogen-bond donors (Lipinski definition) is 1. The molecule has 0 saturated carbocycles. The smallest absolute Gasteiger partial charge is 0.313 e. The van der Waals surface area contributed by atoms with Crippen LogP contribution in [0.5, 0.6) is 5.75 Å². The van der Waals surface area contributed by atoms with E-state index < -0.39 is 5.97 Å². The molecular formula is C14H16BrN3O3S. The molecule has 0 aliphatic rings. The first-order valence-corrected chi connectivity index (χ1v) is 8.43. The highest BCUT2D eigenvalue weighted by atomic mass is 79.9. The van der Waals surface area contributed by atoms with Gasteiger partial charge < -0.3 is 14.4 Å². The summed E-state index contributed by atoms with van der Waals surface area (Å²) >= 11 is 4.62. The Kier molecular flexibility index (Phi) is 5.84. The molecule has 0 saturated heterocycles. The van der Waals surface area contributed by atoms with Crippen LogP contribution in [0.1, 0.15) is 18.3 Å². The Hall–Kier alpha value is -1.54. The lowest BCUT2D eigenvalue weighted by Crippen LogP contribution is -2.05. The van der Waals surface area contributed by atoms with E-state index in [0.29, 0.717) is 11.0 Å². The lowest BCUT2D eigenvalue weighted by atomic mass is 10.2. The summed E-state index contributed by atoms with van der Waals surface area (Å²) < 4.78 is 8.38. The molecule has 0 atom stereocenters. The third kappa shape index (κ3) is 4.23. The fourth-order valence-corrected chi connectivity index (χ4v) is 2.94. The standard InChI is InChI=1S/C14H16BrN3O3S/c1-3-9-4-5-11(10(15)6-9)21-7-12-16-17-14(18(12)2)22-8-13(19)20/h4-6H,3,7-8H2,1-2H3,(H,19,20). The van der Waals surface area contributed by atoms with Crippen LogP contribution in [0.2, 0.25) is 0 Å². The van der Waals surface area contributed by atoms with Crippen molar-refractivity contribution in [1.82, 2.24) is 14.8 Å². The molecule has 0 unspecified atom stereocenters. The largest absolute Gasteiger partial charge is 0.484 e. The lowest BCUT2D eigenvalue weighted by molar-refractivity contribution is -0.133. The molecule has 0 fully saturated rings. The van der Waals surface area contributed by atoms with Crippen LogP contribution >= 0.6 is 27.7 Å². The molecule has 1 aromatic heterocycles. The van der Waals surface area contributed by atoms with Crippen LogP contribution in [-0.2, 0) is 24.9 Å². The number of aryl methyl sites for hydroxylation is 1. The quantitative estimate of drug-likeness (QED) is 0.738. The van der Waals surface area contributed by atoms with E-state index >= 15 is 0 Å². The van der Waals surface area contributed by atoms with Crippen molar-refractivity contribution in [1.29, 1.82) is 0 Å². The molecule has 0 radical (unpaired) electrons. The summed E-state index contributed by atoms with van der Waals surface area (Å²) in [4.78, 5) is 10.6. The van der Waals surface area contributed by atoms with Gasteiger partial charge in [-0.25, -0.2) is 0 Å². The number of carboxylic acids is 1. The minimum atomic E-state index is -0.884. The highest BCUT2D eigenvalue weighted by Gasteiger charge is 2.12. The molecule has 22 heavy (non-hydrogen) atoms. The molecule has 2 aromatic rings. The first-order chi connectivity index (χ1) is 10.5. The molecule has 1 N–H and O–H groups in total. The van der Waals surface area contributed by atoms with Gasteiger partial charge in [-0.1, -0.05) is 24.8 Å². The van der Waals surface area contributed by atoms with Crippen LogP contribution in [0.25, 0.3) is 0 Å². The van der Waals surface area contributed by atoms with Crippen molar-refractivity contribution in [2.45, 2.75) is 25.1 Å². The predicted octanol–water partition coefficient (Wildman–Crippen LogP) is 2.90. The zero-order valence-corrected chi connectivity index (χ0v) is 14.6. The summed E-state index contributed by atoms with van der Waals surface area (Å²) in [7, 11) is 1.79. The molecule has 8 heteroatoms. The molecule has 2 rings (SSSR count). The van der Waals surface area contributed by atoms with Gasteiger partial charge in [0.05, 0.1) is 10.2 Å². The number of nitrogens with zero attached hydrogens (tertiary/aromatic N) is 3. The fourth-order valence-electron chi connectivity index (χ4n) is 1.75. The second kappa shape index (κ2) is 7.64. The molecular weight excluding hydrogens is 370 g/mol. The Balaban J connectivity index is 2.01. The SMILES string of the molecule is CCc1ccc(OCc2nnc(SCC(=O)O)n2C)c(Br)c1. The first-order valence-electron chi connectivity index (χ1n) is 6.65. The molecule has 0 bridgehead atoms. The van der Waals surface area contributed by atoms with E-state index in [9.17, 15) is 4.79 Å². The fraction of sp³-hybridized carbons (Fsp3) is 0.357. The lowest BCUT2D eigenvalue weighted by Gasteiger charge is -2.09. The summed E-state index contributed by atoms with van der Waals surface area (Å²) in [6.45, 7) is 2.36. The number of aromatic nitrogens is 3. The van der Waals surface area contributed by atoms with E-state index in [0.717, 1.165) is 28.4 Å². The van der Waals surface area contributed by atoms with E-state index in [1.54, 1.807) is 11.6 Å². The number of halogens is 1. The predicted molar refractivity (Wildman–Crippen MR) is 87.2 cm³/mol. The third-order valence-corrected chi connectivity index (χ3v) is 4.64. The maximum absolute atomic E-state index is 10.6. The number of carbonyl (C=O) groups is 1.